The molecule has 2 fully saturated rings. The normalized spacial score (nSPS) is 26.6. The zero-order valence-electron chi connectivity index (χ0n) is 9.03. The molecule has 2 atom stereocenters. The van der Waals surface area contributed by atoms with E-state index in [1.807, 2.05) is 16.7 Å². The molecule has 2 nitrogen and oxygen atoms in total. The molecule has 0 spiro atoms. The minimum absolute atomic E-state index is 0.0669. The number of halogens is 2. The van der Waals surface area contributed by atoms with Crippen LogP contribution >= 0.6 is 23.4 Å². The van der Waals surface area contributed by atoms with Gasteiger partial charge in [-0.1, -0.05) is 11.6 Å². The van der Waals surface area contributed by atoms with Gasteiger partial charge < -0.3 is 4.90 Å². The summed E-state index contributed by atoms with van der Waals surface area (Å²) in [5.41, 5.74) is 0.408. The predicted octanol–water partition coefficient (Wildman–Crippen LogP) is 2.81. The van der Waals surface area contributed by atoms with Crippen molar-refractivity contribution in [1.82, 2.24) is 4.90 Å². The summed E-state index contributed by atoms with van der Waals surface area (Å²) in [5, 5.41) is 0.772. The summed E-state index contributed by atoms with van der Waals surface area (Å²) in [6.07, 6.45) is 1.08. The number of hydrogen-bond acceptors (Lipinski definition) is 2. The van der Waals surface area contributed by atoms with Gasteiger partial charge in [-0.25, -0.2) is 4.39 Å². The minimum Gasteiger partial charge on any atom is -0.334 e. The molecular weight excluding hydrogens is 261 g/mol. The van der Waals surface area contributed by atoms with Gasteiger partial charge in [-0.05, 0) is 24.6 Å². The number of thioether (sulfide) groups is 1. The van der Waals surface area contributed by atoms with Gasteiger partial charge >= 0.3 is 0 Å². The molecule has 0 saturated carbocycles. The number of rotatable bonds is 1. The molecule has 1 aromatic rings. The van der Waals surface area contributed by atoms with Crippen LogP contribution in [0.25, 0.3) is 0 Å². The van der Waals surface area contributed by atoms with E-state index in [1.54, 1.807) is 0 Å². The number of likely N-dealkylation sites (tertiary alicyclic amines) is 1. The molecule has 0 aromatic heterocycles. The van der Waals surface area contributed by atoms with Crippen LogP contribution in [0.1, 0.15) is 16.8 Å². The lowest BCUT2D eigenvalue weighted by Crippen LogP contribution is -2.39. The largest absolute Gasteiger partial charge is 0.334 e. The molecule has 2 bridgehead atoms. The molecule has 0 N–H and O–H groups in total. The van der Waals surface area contributed by atoms with E-state index in [0.29, 0.717) is 16.9 Å². The average molecular weight is 272 g/mol. The van der Waals surface area contributed by atoms with Gasteiger partial charge in [0.25, 0.3) is 5.91 Å². The number of fused-ring (bicyclic) bond motifs is 2. The second kappa shape index (κ2) is 4.18. The molecular formula is C12H11ClFNOS. The molecule has 0 aliphatic carbocycles. The lowest BCUT2D eigenvalue weighted by Gasteiger charge is -2.27. The summed E-state index contributed by atoms with van der Waals surface area (Å²) in [6, 6.07) is 4.28. The number of carbonyl (C=O) groups excluding carboxylic acids is 1. The van der Waals surface area contributed by atoms with Crippen LogP contribution < -0.4 is 0 Å². The topological polar surface area (TPSA) is 20.3 Å². The molecule has 1 aromatic carbocycles. The average Bonchev–Trinajstić information content (AvgIpc) is 2.89. The highest BCUT2D eigenvalue weighted by atomic mass is 35.5. The van der Waals surface area contributed by atoms with Gasteiger partial charge in [0, 0.05) is 23.6 Å². The Bertz CT molecular complexity index is 482. The highest BCUT2D eigenvalue weighted by Crippen LogP contribution is 2.38. The van der Waals surface area contributed by atoms with Gasteiger partial charge in [0.1, 0.15) is 5.82 Å². The van der Waals surface area contributed by atoms with Gasteiger partial charge in [0.2, 0.25) is 0 Å². The van der Waals surface area contributed by atoms with Crippen molar-refractivity contribution in [2.24, 2.45) is 0 Å². The van der Waals surface area contributed by atoms with Gasteiger partial charge in [0.15, 0.2) is 0 Å². The van der Waals surface area contributed by atoms with E-state index in [1.165, 1.54) is 18.2 Å². The molecule has 17 heavy (non-hydrogen) atoms. The summed E-state index contributed by atoms with van der Waals surface area (Å²) in [5.74, 6) is 0.530. The van der Waals surface area contributed by atoms with Crippen molar-refractivity contribution in [3.63, 3.8) is 0 Å². The number of nitrogens with zero attached hydrogens (tertiary/aromatic N) is 1. The third-order valence-corrected chi connectivity index (χ3v) is 5.03. The Morgan fingerprint density at radius 3 is 2.94 bits per heavy atom. The highest BCUT2D eigenvalue weighted by molar-refractivity contribution is 8.00. The first-order valence-electron chi connectivity index (χ1n) is 5.53. The fourth-order valence-corrected chi connectivity index (χ4v) is 4.15. The van der Waals surface area contributed by atoms with Gasteiger partial charge in [-0.3, -0.25) is 4.79 Å². The Hall–Kier alpha value is -0.740. The maximum absolute atomic E-state index is 12.9. The number of carbonyl (C=O) groups is 1. The quantitative estimate of drug-likeness (QED) is 0.783. The lowest BCUT2D eigenvalue weighted by molar-refractivity contribution is 0.0747. The van der Waals surface area contributed by atoms with Crippen molar-refractivity contribution in [3.05, 3.63) is 34.6 Å². The molecule has 1 amide bonds. The van der Waals surface area contributed by atoms with Crippen molar-refractivity contribution in [2.45, 2.75) is 17.7 Å². The van der Waals surface area contributed by atoms with Crippen LogP contribution in [-0.2, 0) is 0 Å². The molecule has 3 rings (SSSR count). The SMILES string of the molecule is O=C(c1ccc(F)cc1Cl)N1CC2CC1CS2. The lowest BCUT2D eigenvalue weighted by atomic mass is 10.1. The standard InChI is InChI=1S/C12H11ClFNOS/c13-11-3-7(14)1-2-10(11)12(16)15-5-9-4-8(15)6-17-9/h1-3,8-9H,4-6H2. The van der Waals surface area contributed by atoms with Crippen LogP contribution in [0, 0.1) is 5.82 Å². The summed E-state index contributed by atoms with van der Waals surface area (Å²) < 4.78 is 12.9. The maximum Gasteiger partial charge on any atom is 0.255 e. The van der Waals surface area contributed by atoms with E-state index < -0.39 is 5.82 Å². The number of hydrogen-bond donors (Lipinski definition) is 0. The summed E-state index contributed by atoms with van der Waals surface area (Å²) in [7, 11) is 0. The molecule has 2 saturated heterocycles. The van der Waals surface area contributed by atoms with Gasteiger partial charge in [-0.15, -0.1) is 0 Å². The van der Waals surface area contributed by atoms with Gasteiger partial charge in [-0.2, -0.15) is 11.8 Å². The molecule has 2 unspecified atom stereocenters. The molecule has 2 aliphatic rings. The highest BCUT2D eigenvalue weighted by Gasteiger charge is 2.41. The third-order valence-electron chi connectivity index (χ3n) is 3.32. The van der Waals surface area contributed by atoms with Crippen molar-refractivity contribution >= 4 is 29.3 Å². The number of benzene rings is 1. The first kappa shape index (κ1) is 11.4. The van der Waals surface area contributed by atoms with E-state index in [-0.39, 0.29) is 10.9 Å². The van der Waals surface area contributed by atoms with E-state index in [4.69, 9.17) is 11.6 Å². The Morgan fingerprint density at radius 2 is 2.35 bits per heavy atom. The molecule has 2 aliphatic heterocycles. The number of amides is 1. The monoisotopic (exact) mass is 271 g/mol. The predicted molar refractivity (Wildman–Crippen MR) is 67.1 cm³/mol. The van der Waals surface area contributed by atoms with Crippen molar-refractivity contribution < 1.29 is 9.18 Å². The smallest absolute Gasteiger partial charge is 0.255 e. The van der Waals surface area contributed by atoms with Crippen LogP contribution in [-0.4, -0.2) is 34.4 Å². The molecule has 0 radical (unpaired) electrons. The van der Waals surface area contributed by atoms with Crippen molar-refractivity contribution in [3.8, 4) is 0 Å². The van der Waals surface area contributed by atoms with Crippen LogP contribution in [0.5, 0.6) is 0 Å². The Kier molecular flexibility index (Phi) is 2.79. The van der Waals surface area contributed by atoms with Crippen LogP contribution in [0.4, 0.5) is 4.39 Å². The van der Waals surface area contributed by atoms with E-state index in [9.17, 15) is 9.18 Å². The first-order valence-corrected chi connectivity index (χ1v) is 6.95. The van der Waals surface area contributed by atoms with E-state index >= 15 is 0 Å². The van der Waals surface area contributed by atoms with Crippen molar-refractivity contribution in [1.29, 1.82) is 0 Å². The molecule has 90 valence electrons. The van der Waals surface area contributed by atoms with Crippen LogP contribution in [0.2, 0.25) is 5.02 Å². The molecule has 5 heteroatoms. The van der Waals surface area contributed by atoms with Crippen molar-refractivity contribution in [2.75, 3.05) is 12.3 Å². The zero-order chi connectivity index (χ0) is 12.0. The van der Waals surface area contributed by atoms with E-state index in [2.05, 4.69) is 0 Å². The first-order chi connectivity index (χ1) is 8.15. The molecule has 2 heterocycles. The summed E-state index contributed by atoms with van der Waals surface area (Å²) in [4.78, 5) is 14.2. The second-order valence-electron chi connectivity index (χ2n) is 4.43. The van der Waals surface area contributed by atoms with Crippen LogP contribution in [0.3, 0.4) is 0 Å². The Balaban J connectivity index is 1.87. The zero-order valence-corrected chi connectivity index (χ0v) is 10.6. The Morgan fingerprint density at radius 1 is 1.53 bits per heavy atom. The fraction of sp³-hybridized carbons (Fsp3) is 0.417. The summed E-state index contributed by atoms with van der Waals surface area (Å²) >= 11 is 7.84. The Labute approximate surface area is 108 Å². The van der Waals surface area contributed by atoms with Gasteiger partial charge in [0.05, 0.1) is 10.6 Å². The third kappa shape index (κ3) is 1.93. The second-order valence-corrected chi connectivity index (χ2v) is 6.17. The minimum atomic E-state index is -0.412. The summed E-state index contributed by atoms with van der Waals surface area (Å²) in [6.45, 7) is 0.794. The van der Waals surface area contributed by atoms with E-state index in [0.717, 1.165) is 18.7 Å². The maximum atomic E-state index is 12.9. The van der Waals surface area contributed by atoms with Crippen LogP contribution in [0.15, 0.2) is 18.2 Å². The fourth-order valence-electron chi connectivity index (χ4n) is 2.47.